The number of benzene rings is 2. The average Bonchev–Trinajstić information content (AvgIpc) is 3.57. The normalized spacial score (nSPS) is 14.7. The van der Waals surface area contributed by atoms with E-state index in [1.165, 1.54) is 20.3 Å². The Bertz CT molecular complexity index is 1860. The van der Waals surface area contributed by atoms with Crippen molar-refractivity contribution in [3.63, 3.8) is 0 Å². The lowest BCUT2D eigenvalue weighted by atomic mass is 10.0. The predicted octanol–water partition coefficient (Wildman–Crippen LogP) is 6.79. The van der Waals surface area contributed by atoms with Crippen molar-refractivity contribution in [3.8, 4) is 28.4 Å². The molecule has 11 nitrogen and oxygen atoms in total. The molecule has 0 spiro atoms. The predicted molar refractivity (Wildman–Crippen MR) is 182 cm³/mol. The molecule has 0 bridgehead atoms. The number of hydrogen-bond donors (Lipinski definition) is 3. The van der Waals surface area contributed by atoms with E-state index >= 15 is 0 Å². The molecule has 1 aliphatic heterocycles. The fourth-order valence-corrected chi connectivity index (χ4v) is 6.34. The van der Waals surface area contributed by atoms with Crippen LogP contribution < -0.4 is 24.8 Å². The van der Waals surface area contributed by atoms with Crippen molar-refractivity contribution in [1.82, 2.24) is 24.3 Å². The number of piperidine rings is 1. The van der Waals surface area contributed by atoms with E-state index in [1.54, 1.807) is 18.5 Å². The van der Waals surface area contributed by atoms with Gasteiger partial charge in [0.25, 0.3) is 0 Å². The minimum Gasteiger partial charge on any atom is -0.495 e. The van der Waals surface area contributed by atoms with Gasteiger partial charge in [0.1, 0.15) is 35.2 Å². The second kappa shape index (κ2) is 13.6. The van der Waals surface area contributed by atoms with E-state index in [2.05, 4.69) is 39.0 Å². The molecule has 0 amide bonds. The summed E-state index contributed by atoms with van der Waals surface area (Å²) in [7, 11) is 3.06. The minimum atomic E-state index is -0.973. The Morgan fingerprint density at radius 1 is 1.04 bits per heavy atom. The van der Waals surface area contributed by atoms with E-state index in [9.17, 15) is 5.11 Å². The molecule has 0 aliphatic carbocycles. The molecule has 0 saturated carbocycles. The Kier molecular flexibility index (Phi) is 9.37. The Balaban J connectivity index is 1.35. The SMILES string of the molecule is C=CC(O)Nc1cc(OC2CCN(CC)CC2)ccc1Nc1ncc2cc(-c3c(Cl)c(OC)cc(OC)c3Cl)c3nccn3c2n1. The Hall–Kier alpha value is -4.29. The van der Waals surface area contributed by atoms with Crippen LogP contribution in [0.3, 0.4) is 0 Å². The molecule has 1 atom stereocenters. The van der Waals surface area contributed by atoms with E-state index in [-0.39, 0.29) is 6.10 Å². The van der Waals surface area contributed by atoms with Gasteiger partial charge in [-0.2, -0.15) is 4.98 Å². The highest BCUT2D eigenvalue weighted by atomic mass is 35.5. The highest BCUT2D eigenvalue weighted by Gasteiger charge is 2.23. The Labute approximate surface area is 276 Å². The molecule has 5 aromatic rings. The van der Waals surface area contributed by atoms with E-state index in [4.69, 9.17) is 42.4 Å². The molecule has 1 fully saturated rings. The lowest BCUT2D eigenvalue weighted by molar-refractivity contribution is 0.104. The molecule has 46 heavy (non-hydrogen) atoms. The number of nitrogens with one attached hydrogen (secondary N) is 2. The van der Waals surface area contributed by atoms with Gasteiger partial charge in [-0.05, 0) is 43.7 Å². The summed E-state index contributed by atoms with van der Waals surface area (Å²) < 4.78 is 19.1. The van der Waals surface area contributed by atoms with Crippen molar-refractivity contribution >= 4 is 57.2 Å². The first kappa shape index (κ1) is 31.7. The molecule has 4 heterocycles. The molecule has 1 unspecified atom stereocenters. The lowest BCUT2D eigenvalue weighted by Gasteiger charge is -2.31. The number of aliphatic hydroxyl groups excluding tert-OH is 1. The molecule has 1 saturated heterocycles. The van der Waals surface area contributed by atoms with E-state index in [1.807, 2.05) is 34.9 Å². The minimum absolute atomic E-state index is 0.132. The number of aromatic nitrogens is 4. The first-order chi connectivity index (χ1) is 22.3. The van der Waals surface area contributed by atoms with E-state index in [0.29, 0.717) is 67.0 Å². The second-order valence-corrected chi connectivity index (χ2v) is 11.6. The zero-order valence-corrected chi connectivity index (χ0v) is 27.3. The summed E-state index contributed by atoms with van der Waals surface area (Å²) in [6.45, 7) is 8.94. The van der Waals surface area contributed by atoms with Gasteiger partial charge in [-0.1, -0.05) is 36.7 Å². The van der Waals surface area contributed by atoms with Crippen molar-refractivity contribution in [2.75, 3.05) is 44.5 Å². The molecule has 240 valence electrons. The number of aliphatic hydroxyl groups is 1. The summed E-state index contributed by atoms with van der Waals surface area (Å²) in [6.07, 6.45) is 7.69. The topological polar surface area (TPSA) is 118 Å². The summed E-state index contributed by atoms with van der Waals surface area (Å²) in [6, 6.07) is 9.16. The zero-order chi connectivity index (χ0) is 32.4. The van der Waals surface area contributed by atoms with Gasteiger partial charge in [-0.25, -0.2) is 9.97 Å². The third-order valence-corrected chi connectivity index (χ3v) is 8.85. The second-order valence-electron chi connectivity index (χ2n) is 10.8. The fourth-order valence-electron chi connectivity index (χ4n) is 5.64. The summed E-state index contributed by atoms with van der Waals surface area (Å²) in [5.41, 5.74) is 3.63. The van der Waals surface area contributed by atoms with Crippen LogP contribution in [0, 0.1) is 0 Å². The molecule has 0 radical (unpaired) electrons. The van der Waals surface area contributed by atoms with Gasteiger partial charge in [0, 0.05) is 60.3 Å². The van der Waals surface area contributed by atoms with Gasteiger partial charge in [0.2, 0.25) is 5.95 Å². The standard InChI is InChI=1S/C33H35Cl2N7O4/c1-5-27(43)38-24-16-21(46-20-9-12-41(6-2)13-10-20)7-8-23(24)39-33-37-18-19-15-22(32-36-11-14-42(32)31(19)40-33)28-29(34)25(44-3)17-26(45-4)30(28)35/h5,7-8,11,14-18,20,27,38,43H,1,6,9-10,12-13H2,2-4H3,(H,37,39,40). The van der Waals surface area contributed by atoms with Gasteiger partial charge in [-0.3, -0.25) is 4.40 Å². The fraction of sp³-hybridized carbons (Fsp3) is 0.303. The van der Waals surface area contributed by atoms with Gasteiger partial charge >= 0.3 is 0 Å². The maximum atomic E-state index is 10.4. The van der Waals surface area contributed by atoms with Crippen LogP contribution in [0.4, 0.5) is 17.3 Å². The van der Waals surface area contributed by atoms with Crippen molar-refractivity contribution in [1.29, 1.82) is 0 Å². The zero-order valence-electron chi connectivity index (χ0n) is 25.8. The number of nitrogens with zero attached hydrogens (tertiary/aromatic N) is 5. The molecule has 6 rings (SSSR count). The number of anilines is 3. The van der Waals surface area contributed by atoms with Crippen LogP contribution in [0.5, 0.6) is 17.2 Å². The molecule has 3 aromatic heterocycles. The number of rotatable bonds is 11. The van der Waals surface area contributed by atoms with Crippen LogP contribution in [0.1, 0.15) is 19.8 Å². The smallest absolute Gasteiger partial charge is 0.229 e. The van der Waals surface area contributed by atoms with Crippen LogP contribution in [0.15, 0.2) is 61.6 Å². The number of methoxy groups -OCH3 is 2. The van der Waals surface area contributed by atoms with E-state index in [0.717, 1.165) is 37.9 Å². The summed E-state index contributed by atoms with van der Waals surface area (Å²) >= 11 is 13.5. The van der Waals surface area contributed by atoms with Gasteiger partial charge < -0.3 is 34.9 Å². The van der Waals surface area contributed by atoms with Crippen LogP contribution in [0.2, 0.25) is 10.0 Å². The van der Waals surface area contributed by atoms with Crippen molar-refractivity contribution in [2.45, 2.75) is 32.1 Å². The summed E-state index contributed by atoms with van der Waals surface area (Å²) in [5.74, 6) is 1.88. The Morgan fingerprint density at radius 2 is 1.78 bits per heavy atom. The number of ether oxygens (including phenoxy) is 3. The van der Waals surface area contributed by atoms with Crippen molar-refractivity contribution in [2.24, 2.45) is 0 Å². The highest BCUT2D eigenvalue weighted by Crippen LogP contribution is 2.47. The number of halogens is 2. The van der Waals surface area contributed by atoms with Crippen molar-refractivity contribution < 1.29 is 19.3 Å². The number of fused-ring (bicyclic) bond motifs is 3. The van der Waals surface area contributed by atoms with Gasteiger partial charge in [-0.15, -0.1) is 0 Å². The third kappa shape index (κ3) is 6.23. The van der Waals surface area contributed by atoms with Crippen LogP contribution in [0.25, 0.3) is 27.8 Å². The average molecular weight is 665 g/mol. The molecule has 2 aromatic carbocycles. The molecule has 13 heteroatoms. The van der Waals surface area contributed by atoms with Crippen LogP contribution >= 0.6 is 23.2 Å². The van der Waals surface area contributed by atoms with Gasteiger partial charge in [0.05, 0.1) is 35.6 Å². The Morgan fingerprint density at radius 3 is 2.46 bits per heavy atom. The first-order valence-corrected chi connectivity index (χ1v) is 15.7. The molecule has 1 aliphatic rings. The maximum absolute atomic E-state index is 10.4. The van der Waals surface area contributed by atoms with Gasteiger partial charge in [0.15, 0.2) is 5.65 Å². The quantitative estimate of drug-likeness (QED) is 0.103. The number of imidazole rings is 1. The number of likely N-dealkylation sites (tertiary alicyclic amines) is 1. The first-order valence-electron chi connectivity index (χ1n) is 14.9. The monoisotopic (exact) mass is 663 g/mol. The molecular weight excluding hydrogens is 629 g/mol. The number of pyridine rings is 1. The third-order valence-electron chi connectivity index (χ3n) is 8.10. The maximum Gasteiger partial charge on any atom is 0.229 e. The van der Waals surface area contributed by atoms with Crippen molar-refractivity contribution in [3.05, 3.63) is 71.6 Å². The summed E-state index contributed by atoms with van der Waals surface area (Å²) in [5, 5.41) is 18.1. The van der Waals surface area contributed by atoms with E-state index < -0.39 is 6.23 Å². The molecule has 3 N–H and O–H groups in total. The number of hydrogen-bond acceptors (Lipinski definition) is 10. The molecular formula is C33H35Cl2N7O4. The highest BCUT2D eigenvalue weighted by molar-refractivity contribution is 6.41. The van der Waals surface area contributed by atoms with Crippen LogP contribution in [-0.2, 0) is 0 Å². The lowest BCUT2D eigenvalue weighted by Crippen LogP contribution is -2.38. The summed E-state index contributed by atoms with van der Waals surface area (Å²) in [4.78, 5) is 16.4. The van der Waals surface area contributed by atoms with Crippen LogP contribution in [-0.4, -0.2) is 75.5 Å². The largest absolute Gasteiger partial charge is 0.495 e.